The molecular formula is C30H34Cl3N3O4S. The molecule has 7 nitrogen and oxygen atoms in total. The lowest BCUT2D eigenvalue weighted by atomic mass is 10.1. The minimum atomic E-state index is -4.23. The van der Waals surface area contributed by atoms with Crippen molar-refractivity contribution in [1.29, 1.82) is 0 Å². The van der Waals surface area contributed by atoms with Crippen molar-refractivity contribution in [3.05, 3.63) is 92.9 Å². The standard InChI is InChI=1S/C30H34Cl3N3O4S/c1-6-27(29(38)34-30(3,4)5)35(18-21-9-7-8-10-24(21)31)28(37)19-36(22-13-16-25(32)26(33)17-22)41(39,40)23-14-11-20(2)12-15-23/h7-17,27H,6,18-19H2,1-5H3,(H,34,38)/t27-/m1/s1. The summed E-state index contributed by atoms with van der Waals surface area (Å²) in [5.41, 5.74) is 1.10. The van der Waals surface area contributed by atoms with Crippen molar-refractivity contribution in [2.45, 2.75) is 64.1 Å². The maximum Gasteiger partial charge on any atom is 0.264 e. The van der Waals surface area contributed by atoms with Gasteiger partial charge in [0.2, 0.25) is 11.8 Å². The third-order valence-electron chi connectivity index (χ3n) is 6.26. The van der Waals surface area contributed by atoms with E-state index in [4.69, 9.17) is 34.8 Å². The summed E-state index contributed by atoms with van der Waals surface area (Å²) < 4.78 is 28.9. The lowest BCUT2D eigenvalue weighted by Crippen LogP contribution is -2.55. The number of carbonyl (C=O) groups is 2. The average Bonchev–Trinajstić information content (AvgIpc) is 2.89. The second kappa shape index (κ2) is 13.5. The van der Waals surface area contributed by atoms with Crippen LogP contribution in [0.5, 0.6) is 0 Å². The van der Waals surface area contributed by atoms with Crippen LogP contribution < -0.4 is 9.62 Å². The van der Waals surface area contributed by atoms with Crippen molar-refractivity contribution >= 4 is 62.3 Å². The molecule has 41 heavy (non-hydrogen) atoms. The smallest absolute Gasteiger partial charge is 0.264 e. The number of benzene rings is 3. The molecule has 2 amide bonds. The lowest BCUT2D eigenvalue weighted by Gasteiger charge is -2.35. The number of amides is 2. The highest BCUT2D eigenvalue weighted by atomic mass is 35.5. The number of nitrogens with one attached hydrogen (secondary N) is 1. The first-order chi connectivity index (χ1) is 19.1. The number of hydrogen-bond donors (Lipinski definition) is 1. The number of carbonyl (C=O) groups excluding carboxylic acids is 2. The molecule has 3 rings (SSSR count). The Morgan fingerprint density at radius 1 is 0.902 bits per heavy atom. The van der Waals surface area contributed by atoms with Crippen LogP contribution in [0.1, 0.15) is 45.2 Å². The zero-order valence-corrected chi connectivity index (χ0v) is 26.7. The van der Waals surface area contributed by atoms with Gasteiger partial charge in [-0.15, -0.1) is 0 Å². The highest BCUT2D eigenvalue weighted by Gasteiger charge is 2.35. The molecule has 220 valence electrons. The van der Waals surface area contributed by atoms with Crippen molar-refractivity contribution in [2.24, 2.45) is 0 Å². The normalized spacial score (nSPS) is 12.5. The molecule has 0 spiro atoms. The van der Waals surface area contributed by atoms with E-state index in [1.165, 1.54) is 35.2 Å². The van der Waals surface area contributed by atoms with E-state index in [1.807, 2.05) is 27.7 Å². The molecule has 0 fully saturated rings. The summed E-state index contributed by atoms with van der Waals surface area (Å²) in [6.45, 7) is 8.57. The topological polar surface area (TPSA) is 86.8 Å². The van der Waals surface area contributed by atoms with E-state index in [2.05, 4.69) is 5.32 Å². The SMILES string of the molecule is CC[C@H](C(=O)NC(C)(C)C)N(Cc1ccccc1Cl)C(=O)CN(c1ccc(Cl)c(Cl)c1)S(=O)(=O)c1ccc(C)cc1. The second-order valence-corrected chi connectivity index (χ2v) is 13.8. The molecule has 0 saturated carbocycles. The summed E-state index contributed by atoms with van der Waals surface area (Å²) in [7, 11) is -4.23. The van der Waals surface area contributed by atoms with E-state index in [0.717, 1.165) is 9.87 Å². The summed E-state index contributed by atoms with van der Waals surface area (Å²) in [5.74, 6) is -0.953. The van der Waals surface area contributed by atoms with E-state index in [9.17, 15) is 18.0 Å². The Morgan fingerprint density at radius 2 is 1.54 bits per heavy atom. The molecule has 0 unspecified atom stereocenters. The first kappa shape index (κ1) is 32.7. The van der Waals surface area contributed by atoms with Crippen LogP contribution in [-0.2, 0) is 26.2 Å². The number of rotatable bonds is 10. The second-order valence-electron chi connectivity index (χ2n) is 10.7. The van der Waals surface area contributed by atoms with Gasteiger partial charge in [0.15, 0.2) is 0 Å². The minimum absolute atomic E-state index is 0.00264. The number of anilines is 1. The predicted octanol–water partition coefficient (Wildman–Crippen LogP) is 6.87. The number of nitrogens with zero attached hydrogens (tertiary/aromatic N) is 2. The van der Waals surface area contributed by atoms with Gasteiger partial charge in [0.25, 0.3) is 10.0 Å². The molecule has 11 heteroatoms. The molecule has 0 aromatic heterocycles. The van der Waals surface area contributed by atoms with Crippen molar-refractivity contribution in [1.82, 2.24) is 10.2 Å². The van der Waals surface area contributed by atoms with E-state index in [1.54, 1.807) is 43.3 Å². The van der Waals surface area contributed by atoms with Gasteiger partial charge in [0.05, 0.1) is 20.6 Å². The van der Waals surface area contributed by atoms with Crippen LogP contribution in [0, 0.1) is 6.92 Å². The largest absolute Gasteiger partial charge is 0.350 e. The van der Waals surface area contributed by atoms with Crippen molar-refractivity contribution in [3.63, 3.8) is 0 Å². The maximum absolute atomic E-state index is 14.1. The van der Waals surface area contributed by atoms with Gasteiger partial charge in [-0.1, -0.05) is 77.6 Å². The first-order valence-electron chi connectivity index (χ1n) is 13.0. The molecule has 3 aromatic carbocycles. The molecule has 0 radical (unpaired) electrons. The molecular weight excluding hydrogens is 605 g/mol. The van der Waals surface area contributed by atoms with Gasteiger partial charge in [0.1, 0.15) is 12.6 Å². The summed E-state index contributed by atoms with van der Waals surface area (Å²) in [6.07, 6.45) is 0.287. The van der Waals surface area contributed by atoms with Crippen LogP contribution >= 0.6 is 34.8 Å². The van der Waals surface area contributed by atoms with Crippen LogP contribution in [0.3, 0.4) is 0 Å². The highest BCUT2D eigenvalue weighted by Crippen LogP contribution is 2.31. The molecule has 1 N–H and O–H groups in total. The predicted molar refractivity (Wildman–Crippen MR) is 166 cm³/mol. The summed E-state index contributed by atoms with van der Waals surface area (Å²) in [6, 6.07) is 16.8. The van der Waals surface area contributed by atoms with Gasteiger partial charge < -0.3 is 10.2 Å². The van der Waals surface area contributed by atoms with E-state index < -0.39 is 34.1 Å². The Labute approximate surface area is 257 Å². The summed E-state index contributed by atoms with van der Waals surface area (Å²) in [5, 5.41) is 3.72. The van der Waals surface area contributed by atoms with E-state index >= 15 is 0 Å². The van der Waals surface area contributed by atoms with Gasteiger partial charge in [0, 0.05) is 17.1 Å². The average molecular weight is 639 g/mol. The number of aryl methyl sites for hydroxylation is 1. The Kier molecular flexibility index (Phi) is 10.7. The summed E-state index contributed by atoms with van der Waals surface area (Å²) >= 11 is 18.8. The quantitative estimate of drug-likeness (QED) is 0.263. The van der Waals surface area contributed by atoms with Crippen LogP contribution in [0.2, 0.25) is 15.1 Å². The third-order valence-corrected chi connectivity index (χ3v) is 9.16. The molecule has 0 aliphatic heterocycles. The molecule has 0 saturated heterocycles. The van der Waals surface area contributed by atoms with Crippen LogP contribution in [-0.4, -0.2) is 43.3 Å². The van der Waals surface area contributed by atoms with Crippen LogP contribution in [0.4, 0.5) is 5.69 Å². The zero-order valence-electron chi connectivity index (χ0n) is 23.6. The number of hydrogen-bond acceptors (Lipinski definition) is 4. The maximum atomic E-state index is 14.1. The molecule has 3 aromatic rings. The Hall–Kier alpha value is -2.78. The van der Waals surface area contributed by atoms with Gasteiger partial charge in [-0.25, -0.2) is 8.42 Å². The van der Waals surface area contributed by atoms with Crippen molar-refractivity contribution in [3.8, 4) is 0 Å². The Balaban J connectivity index is 2.11. The lowest BCUT2D eigenvalue weighted by molar-refractivity contribution is -0.141. The van der Waals surface area contributed by atoms with Crippen LogP contribution in [0.15, 0.2) is 71.6 Å². The Bertz CT molecular complexity index is 1510. The number of sulfonamides is 1. The van der Waals surface area contributed by atoms with Gasteiger partial charge in [-0.05, 0) is 76.1 Å². The Morgan fingerprint density at radius 3 is 2.10 bits per heavy atom. The van der Waals surface area contributed by atoms with Gasteiger partial charge in [-0.3, -0.25) is 13.9 Å². The zero-order chi connectivity index (χ0) is 30.5. The first-order valence-corrected chi connectivity index (χ1v) is 15.6. The fraction of sp³-hybridized carbons (Fsp3) is 0.333. The van der Waals surface area contributed by atoms with Crippen LogP contribution in [0.25, 0.3) is 0 Å². The number of halogens is 3. The molecule has 0 heterocycles. The monoisotopic (exact) mass is 637 g/mol. The van der Waals surface area contributed by atoms with Gasteiger partial charge >= 0.3 is 0 Å². The third kappa shape index (κ3) is 8.38. The van der Waals surface area contributed by atoms with Crippen molar-refractivity contribution in [2.75, 3.05) is 10.8 Å². The van der Waals surface area contributed by atoms with Gasteiger partial charge in [-0.2, -0.15) is 0 Å². The fourth-order valence-corrected chi connectivity index (χ4v) is 6.08. The highest BCUT2D eigenvalue weighted by molar-refractivity contribution is 7.92. The molecule has 1 atom stereocenters. The van der Waals surface area contributed by atoms with Crippen molar-refractivity contribution < 1.29 is 18.0 Å². The molecule has 0 bridgehead atoms. The molecule has 0 aliphatic carbocycles. The summed E-state index contributed by atoms with van der Waals surface area (Å²) in [4.78, 5) is 28.9. The minimum Gasteiger partial charge on any atom is -0.350 e. The van der Waals surface area contributed by atoms with E-state index in [0.29, 0.717) is 10.6 Å². The molecule has 0 aliphatic rings. The fourth-order valence-electron chi connectivity index (χ4n) is 4.19. The van der Waals surface area contributed by atoms with E-state index in [-0.39, 0.29) is 39.5 Å².